The highest BCUT2D eigenvalue weighted by Crippen LogP contribution is 2.30. The van der Waals surface area contributed by atoms with E-state index < -0.39 is 6.10 Å². The van der Waals surface area contributed by atoms with E-state index >= 15 is 0 Å². The normalized spacial score (nSPS) is 14.9. The van der Waals surface area contributed by atoms with Crippen molar-refractivity contribution in [2.45, 2.75) is 46.6 Å². The highest BCUT2D eigenvalue weighted by molar-refractivity contribution is 5.31. The zero-order chi connectivity index (χ0) is 15.5. The summed E-state index contributed by atoms with van der Waals surface area (Å²) in [5.41, 5.74) is 2.20. The van der Waals surface area contributed by atoms with Crippen LogP contribution in [0.15, 0.2) is 42.7 Å². The molecule has 2 rings (SSSR count). The Balaban J connectivity index is 2.01. The third-order valence-corrected chi connectivity index (χ3v) is 3.59. The molecule has 0 aliphatic rings. The van der Waals surface area contributed by atoms with Gasteiger partial charge in [-0.2, -0.15) is 5.10 Å². The third-order valence-electron chi connectivity index (χ3n) is 3.59. The van der Waals surface area contributed by atoms with E-state index in [9.17, 15) is 5.11 Å². The molecular formula is C18H26N2O. The van der Waals surface area contributed by atoms with E-state index in [1.54, 1.807) is 6.20 Å². The number of aliphatic hydroxyl groups is 1. The quantitative estimate of drug-likeness (QED) is 0.886. The van der Waals surface area contributed by atoms with E-state index in [0.29, 0.717) is 11.3 Å². The Kier molecular flexibility index (Phi) is 4.84. The summed E-state index contributed by atoms with van der Waals surface area (Å²) in [5, 5.41) is 14.7. The Morgan fingerprint density at radius 3 is 2.48 bits per heavy atom. The number of hydrogen-bond donors (Lipinski definition) is 1. The van der Waals surface area contributed by atoms with Crippen LogP contribution in [0.1, 0.15) is 52.2 Å². The lowest BCUT2D eigenvalue weighted by Gasteiger charge is -2.24. The largest absolute Gasteiger partial charge is 0.388 e. The van der Waals surface area contributed by atoms with E-state index in [0.717, 1.165) is 24.1 Å². The summed E-state index contributed by atoms with van der Waals surface area (Å²) in [7, 11) is 0. The number of para-hydroxylation sites is 1. The van der Waals surface area contributed by atoms with Crippen LogP contribution in [0.25, 0.3) is 5.69 Å². The Morgan fingerprint density at radius 1 is 1.19 bits per heavy atom. The van der Waals surface area contributed by atoms with Crippen molar-refractivity contribution in [2.24, 2.45) is 11.3 Å². The second kappa shape index (κ2) is 6.44. The molecule has 1 heterocycles. The molecule has 2 atom stereocenters. The molecule has 114 valence electrons. The topological polar surface area (TPSA) is 38.1 Å². The minimum absolute atomic E-state index is 0.299. The highest BCUT2D eigenvalue weighted by atomic mass is 16.3. The Morgan fingerprint density at radius 2 is 1.86 bits per heavy atom. The molecule has 21 heavy (non-hydrogen) atoms. The minimum Gasteiger partial charge on any atom is -0.388 e. The van der Waals surface area contributed by atoms with Gasteiger partial charge in [-0.25, -0.2) is 4.68 Å². The van der Waals surface area contributed by atoms with Crippen molar-refractivity contribution in [2.75, 3.05) is 0 Å². The van der Waals surface area contributed by atoms with Gasteiger partial charge in [0.05, 0.1) is 18.0 Å². The molecule has 0 aliphatic heterocycles. The molecule has 0 aliphatic carbocycles. The number of hydrogen-bond acceptors (Lipinski definition) is 2. The van der Waals surface area contributed by atoms with Crippen LogP contribution in [-0.4, -0.2) is 14.9 Å². The van der Waals surface area contributed by atoms with Crippen LogP contribution in [0.4, 0.5) is 0 Å². The van der Waals surface area contributed by atoms with Gasteiger partial charge in [-0.1, -0.05) is 45.9 Å². The lowest BCUT2D eigenvalue weighted by molar-refractivity contribution is 0.134. The van der Waals surface area contributed by atoms with Crippen LogP contribution in [0.5, 0.6) is 0 Å². The number of rotatable bonds is 5. The van der Waals surface area contributed by atoms with E-state index in [2.05, 4.69) is 32.8 Å². The fourth-order valence-electron chi connectivity index (χ4n) is 2.88. The van der Waals surface area contributed by atoms with Crippen LogP contribution >= 0.6 is 0 Å². The maximum absolute atomic E-state index is 10.4. The average Bonchev–Trinajstić information content (AvgIpc) is 2.87. The van der Waals surface area contributed by atoms with Crippen molar-refractivity contribution < 1.29 is 5.11 Å². The number of nitrogens with zero attached hydrogens (tertiary/aromatic N) is 2. The number of aliphatic hydroxyl groups excluding tert-OH is 1. The van der Waals surface area contributed by atoms with Gasteiger partial charge in [-0.05, 0) is 36.3 Å². The summed E-state index contributed by atoms with van der Waals surface area (Å²) in [6, 6.07) is 9.96. The van der Waals surface area contributed by atoms with Gasteiger partial charge in [0.1, 0.15) is 0 Å². The van der Waals surface area contributed by atoms with Gasteiger partial charge in [0.2, 0.25) is 0 Å². The van der Waals surface area contributed by atoms with Gasteiger partial charge < -0.3 is 5.11 Å². The summed E-state index contributed by atoms with van der Waals surface area (Å²) in [4.78, 5) is 0. The molecular weight excluding hydrogens is 260 g/mol. The van der Waals surface area contributed by atoms with Gasteiger partial charge in [0.15, 0.2) is 0 Å². The van der Waals surface area contributed by atoms with Crippen LogP contribution in [0, 0.1) is 11.3 Å². The van der Waals surface area contributed by atoms with Crippen molar-refractivity contribution in [1.82, 2.24) is 9.78 Å². The standard InChI is InChI=1S/C18H26N2O/c1-14(11-18(2,3)4)10-17(21)15-12-19-20(13-15)16-8-6-5-7-9-16/h5-9,12-14,17,21H,10-11H2,1-4H3. The highest BCUT2D eigenvalue weighted by Gasteiger charge is 2.19. The Bertz CT molecular complexity index is 554. The first-order valence-electron chi connectivity index (χ1n) is 7.63. The van der Waals surface area contributed by atoms with E-state index in [1.165, 1.54) is 0 Å². The molecule has 0 amide bonds. The van der Waals surface area contributed by atoms with Gasteiger partial charge in [0, 0.05) is 11.8 Å². The number of benzene rings is 1. The summed E-state index contributed by atoms with van der Waals surface area (Å²) in [6.07, 6.45) is 5.12. The molecule has 1 aromatic carbocycles. The summed E-state index contributed by atoms with van der Waals surface area (Å²) in [5.74, 6) is 0.486. The molecule has 0 fully saturated rings. The maximum Gasteiger partial charge on any atom is 0.0823 e. The maximum atomic E-state index is 10.4. The van der Waals surface area contributed by atoms with Crippen molar-refractivity contribution in [1.29, 1.82) is 0 Å². The zero-order valence-corrected chi connectivity index (χ0v) is 13.5. The lowest BCUT2D eigenvalue weighted by atomic mass is 9.83. The molecule has 0 spiro atoms. The molecule has 2 unspecified atom stereocenters. The van der Waals surface area contributed by atoms with Crippen LogP contribution in [0.3, 0.4) is 0 Å². The molecule has 1 N–H and O–H groups in total. The average molecular weight is 286 g/mol. The van der Waals surface area contributed by atoms with Crippen LogP contribution < -0.4 is 0 Å². The molecule has 0 bridgehead atoms. The Labute approximate surface area is 127 Å². The second-order valence-corrected chi connectivity index (χ2v) is 7.18. The summed E-state index contributed by atoms with van der Waals surface area (Å²) < 4.78 is 1.81. The van der Waals surface area contributed by atoms with Gasteiger partial charge >= 0.3 is 0 Å². The van der Waals surface area contributed by atoms with E-state index in [1.807, 2.05) is 41.2 Å². The first kappa shape index (κ1) is 15.8. The first-order valence-corrected chi connectivity index (χ1v) is 7.63. The lowest BCUT2D eigenvalue weighted by Crippen LogP contribution is -2.13. The van der Waals surface area contributed by atoms with Crippen LogP contribution in [0.2, 0.25) is 0 Å². The van der Waals surface area contributed by atoms with Crippen LogP contribution in [-0.2, 0) is 0 Å². The SMILES string of the molecule is CC(CC(O)c1cnn(-c2ccccc2)c1)CC(C)(C)C. The molecule has 3 nitrogen and oxygen atoms in total. The predicted molar refractivity (Wildman–Crippen MR) is 86.4 cm³/mol. The summed E-state index contributed by atoms with van der Waals surface area (Å²) >= 11 is 0. The Hall–Kier alpha value is -1.61. The molecule has 3 heteroatoms. The molecule has 0 radical (unpaired) electrons. The second-order valence-electron chi connectivity index (χ2n) is 7.18. The van der Waals surface area contributed by atoms with E-state index in [-0.39, 0.29) is 0 Å². The van der Waals surface area contributed by atoms with Crippen molar-refractivity contribution >= 4 is 0 Å². The van der Waals surface area contributed by atoms with Gasteiger partial charge in [-0.15, -0.1) is 0 Å². The molecule has 1 aromatic heterocycles. The summed E-state index contributed by atoms with van der Waals surface area (Å²) in [6.45, 7) is 8.92. The molecule has 0 saturated carbocycles. The van der Waals surface area contributed by atoms with Crippen molar-refractivity contribution in [3.05, 3.63) is 48.3 Å². The van der Waals surface area contributed by atoms with Gasteiger partial charge in [-0.3, -0.25) is 0 Å². The molecule has 2 aromatic rings. The molecule has 0 saturated heterocycles. The smallest absolute Gasteiger partial charge is 0.0823 e. The minimum atomic E-state index is -0.445. The predicted octanol–water partition coefficient (Wildman–Crippen LogP) is 4.37. The monoisotopic (exact) mass is 286 g/mol. The number of aromatic nitrogens is 2. The fourth-order valence-corrected chi connectivity index (χ4v) is 2.88. The van der Waals surface area contributed by atoms with E-state index in [4.69, 9.17) is 0 Å². The van der Waals surface area contributed by atoms with Gasteiger partial charge in [0.25, 0.3) is 0 Å². The third kappa shape index (κ3) is 4.71. The zero-order valence-electron chi connectivity index (χ0n) is 13.5. The van der Waals surface area contributed by atoms with Crippen molar-refractivity contribution in [3.63, 3.8) is 0 Å². The fraction of sp³-hybridized carbons (Fsp3) is 0.500. The van der Waals surface area contributed by atoms with Crippen molar-refractivity contribution in [3.8, 4) is 5.69 Å². The first-order chi connectivity index (χ1) is 9.85.